The highest BCUT2D eigenvalue weighted by molar-refractivity contribution is 6.08. The molecule has 0 saturated carbocycles. The number of carbonyl (C=O) groups excluding carboxylic acids is 3. The number of hydrogen-bond acceptors (Lipinski definition) is 7. The number of nitrogens with one attached hydrogen (secondary N) is 2. The number of rotatable bonds is 10. The van der Waals surface area contributed by atoms with Crippen molar-refractivity contribution in [2.45, 2.75) is 19.8 Å². The van der Waals surface area contributed by atoms with Gasteiger partial charge in [-0.25, -0.2) is 4.79 Å². The Kier molecular flexibility index (Phi) is 9.09. The quantitative estimate of drug-likeness (QED) is 0.169. The van der Waals surface area contributed by atoms with E-state index >= 15 is 0 Å². The first kappa shape index (κ1) is 27.8. The fourth-order valence-corrected chi connectivity index (χ4v) is 3.84. The smallest absolute Gasteiger partial charge is 0.339 e. The number of ether oxygens (including phenoxy) is 2. The molecule has 0 aliphatic rings. The highest BCUT2D eigenvalue weighted by atomic mass is 16.5. The van der Waals surface area contributed by atoms with Crippen molar-refractivity contribution >= 4 is 29.2 Å². The van der Waals surface area contributed by atoms with Crippen LogP contribution in [0.25, 0.3) is 11.1 Å². The highest BCUT2D eigenvalue weighted by Gasteiger charge is 2.15. The van der Waals surface area contributed by atoms with E-state index in [1.165, 1.54) is 25.6 Å². The number of unbranched alkanes of at least 4 members (excludes halogenated alkanes) is 1. The summed E-state index contributed by atoms with van der Waals surface area (Å²) in [7, 11) is 1.48. The second-order valence-electron chi connectivity index (χ2n) is 8.90. The summed E-state index contributed by atoms with van der Waals surface area (Å²) in [6.07, 6.45) is 4.35. The molecule has 4 rings (SSSR count). The zero-order valence-electron chi connectivity index (χ0n) is 22.1. The van der Waals surface area contributed by atoms with Crippen LogP contribution in [0.15, 0.2) is 85.2 Å². The van der Waals surface area contributed by atoms with Crippen LogP contribution in [0.1, 0.15) is 50.8 Å². The Morgan fingerprint density at radius 2 is 1.57 bits per heavy atom. The van der Waals surface area contributed by atoms with E-state index in [0.717, 1.165) is 24.0 Å². The number of pyridine rings is 1. The summed E-state index contributed by atoms with van der Waals surface area (Å²) < 4.78 is 10.6. The van der Waals surface area contributed by atoms with Gasteiger partial charge in [0.05, 0.1) is 30.5 Å². The first-order chi connectivity index (χ1) is 19.4. The summed E-state index contributed by atoms with van der Waals surface area (Å²) in [5.41, 5.74) is 3.18. The van der Waals surface area contributed by atoms with Crippen molar-refractivity contribution in [2.24, 2.45) is 0 Å². The normalized spacial score (nSPS) is 10.4. The Morgan fingerprint density at radius 1 is 0.825 bits per heavy atom. The molecule has 3 aromatic carbocycles. The van der Waals surface area contributed by atoms with Crippen LogP contribution in [0, 0.1) is 0 Å². The fraction of sp³-hybridized carbons (Fsp3) is 0.161. The summed E-state index contributed by atoms with van der Waals surface area (Å²) in [6, 6.07) is 20.0. The van der Waals surface area contributed by atoms with Gasteiger partial charge in [-0.15, -0.1) is 0 Å². The SMILES string of the molecule is CCCCOC(=O)c1cncc(C(=O)Nc2ccc(OC)c(NC(=O)c3cccc(-c4ccc(O)cc4)c3)c2)c1. The number of esters is 1. The molecule has 1 heterocycles. The van der Waals surface area contributed by atoms with Crippen molar-refractivity contribution < 1.29 is 29.0 Å². The first-order valence-electron chi connectivity index (χ1n) is 12.7. The molecule has 0 unspecified atom stereocenters. The molecule has 9 nitrogen and oxygen atoms in total. The van der Waals surface area contributed by atoms with E-state index in [4.69, 9.17) is 9.47 Å². The monoisotopic (exact) mass is 539 g/mol. The zero-order valence-corrected chi connectivity index (χ0v) is 22.1. The third kappa shape index (κ3) is 7.02. The first-order valence-corrected chi connectivity index (χ1v) is 12.7. The minimum Gasteiger partial charge on any atom is -0.508 e. The maximum atomic E-state index is 13.1. The van der Waals surface area contributed by atoms with Crippen molar-refractivity contribution in [1.82, 2.24) is 4.98 Å². The van der Waals surface area contributed by atoms with Crippen LogP contribution in [-0.2, 0) is 4.74 Å². The number of nitrogens with zero attached hydrogens (tertiary/aromatic N) is 1. The van der Waals surface area contributed by atoms with Crippen molar-refractivity contribution in [3.63, 3.8) is 0 Å². The molecule has 0 radical (unpaired) electrons. The van der Waals surface area contributed by atoms with Crippen LogP contribution in [0.3, 0.4) is 0 Å². The standard InChI is InChI=1S/C31H29N3O6/c1-3-4-14-40-31(38)24-16-23(18-32-19-24)30(37)33-25-10-13-28(39-2)27(17-25)34-29(36)22-7-5-6-21(15-22)20-8-11-26(35)12-9-20/h5-13,15-19,35H,3-4,14H2,1-2H3,(H,33,37)(H,34,36). The highest BCUT2D eigenvalue weighted by Crippen LogP contribution is 2.29. The lowest BCUT2D eigenvalue weighted by Gasteiger charge is -2.13. The average Bonchev–Trinajstić information content (AvgIpc) is 2.98. The molecule has 0 aliphatic heterocycles. The van der Waals surface area contributed by atoms with Crippen LogP contribution in [0.4, 0.5) is 11.4 Å². The minimum absolute atomic E-state index is 0.158. The molecular weight excluding hydrogens is 510 g/mol. The van der Waals surface area contributed by atoms with Gasteiger partial charge in [-0.1, -0.05) is 37.6 Å². The second-order valence-corrected chi connectivity index (χ2v) is 8.90. The third-order valence-electron chi connectivity index (χ3n) is 6.00. The van der Waals surface area contributed by atoms with Gasteiger partial charge in [-0.05, 0) is 66.1 Å². The molecule has 0 fully saturated rings. The molecule has 204 valence electrons. The number of aromatic nitrogens is 1. The van der Waals surface area contributed by atoms with E-state index in [0.29, 0.717) is 29.3 Å². The van der Waals surface area contributed by atoms with E-state index < -0.39 is 11.9 Å². The van der Waals surface area contributed by atoms with Crippen molar-refractivity contribution in [3.8, 4) is 22.6 Å². The van der Waals surface area contributed by atoms with Gasteiger partial charge < -0.3 is 25.2 Å². The van der Waals surface area contributed by atoms with Gasteiger partial charge >= 0.3 is 5.97 Å². The van der Waals surface area contributed by atoms with E-state index in [1.54, 1.807) is 60.7 Å². The number of aromatic hydroxyl groups is 1. The molecular formula is C31H29N3O6. The van der Waals surface area contributed by atoms with E-state index in [-0.39, 0.29) is 22.8 Å². The maximum Gasteiger partial charge on any atom is 0.339 e. The fourth-order valence-electron chi connectivity index (χ4n) is 3.84. The van der Waals surface area contributed by atoms with Crippen molar-refractivity contribution in [3.05, 3.63) is 102 Å². The van der Waals surface area contributed by atoms with Crippen LogP contribution in [-0.4, -0.2) is 41.6 Å². The number of phenolic OH excluding ortho intramolecular Hbond substituents is 1. The maximum absolute atomic E-state index is 13.1. The Labute approximate surface area is 231 Å². The average molecular weight is 540 g/mol. The van der Waals surface area contributed by atoms with Crippen LogP contribution in [0.5, 0.6) is 11.5 Å². The lowest BCUT2D eigenvalue weighted by atomic mass is 10.0. The van der Waals surface area contributed by atoms with Crippen molar-refractivity contribution in [1.29, 1.82) is 0 Å². The molecule has 0 atom stereocenters. The minimum atomic E-state index is -0.542. The summed E-state index contributed by atoms with van der Waals surface area (Å²) >= 11 is 0. The Hall–Kier alpha value is -5.18. The number of amides is 2. The lowest BCUT2D eigenvalue weighted by molar-refractivity contribution is 0.0499. The third-order valence-corrected chi connectivity index (χ3v) is 6.00. The molecule has 0 spiro atoms. The number of anilines is 2. The zero-order chi connectivity index (χ0) is 28.5. The Morgan fingerprint density at radius 3 is 2.33 bits per heavy atom. The Bertz CT molecular complexity index is 1520. The molecule has 40 heavy (non-hydrogen) atoms. The van der Waals surface area contributed by atoms with Gasteiger partial charge in [0.2, 0.25) is 0 Å². The summed E-state index contributed by atoms with van der Waals surface area (Å²) in [5.74, 6) is -0.842. The molecule has 9 heteroatoms. The Balaban J connectivity index is 1.49. The molecule has 1 aromatic heterocycles. The van der Waals surface area contributed by atoms with Crippen LogP contribution >= 0.6 is 0 Å². The van der Waals surface area contributed by atoms with Gasteiger partial charge in [-0.3, -0.25) is 14.6 Å². The summed E-state index contributed by atoms with van der Waals surface area (Å²) in [5, 5.41) is 15.1. The van der Waals surface area contributed by atoms with Gasteiger partial charge in [0.15, 0.2) is 0 Å². The number of benzene rings is 3. The molecule has 2 amide bonds. The predicted octanol–water partition coefficient (Wildman–Crippen LogP) is 5.92. The molecule has 0 aliphatic carbocycles. The van der Waals surface area contributed by atoms with E-state index in [9.17, 15) is 19.5 Å². The molecule has 3 N–H and O–H groups in total. The summed E-state index contributed by atoms with van der Waals surface area (Å²) in [4.78, 5) is 42.3. The van der Waals surface area contributed by atoms with Gasteiger partial charge in [0, 0.05) is 23.6 Å². The topological polar surface area (TPSA) is 127 Å². The molecule has 0 bridgehead atoms. The number of methoxy groups -OCH3 is 1. The molecule has 0 saturated heterocycles. The number of carbonyl (C=O) groups is 3. The second kappa shape index (κ2) is 13.1. The van der Waals surface area contributed by atoms with E-state index in [1.807, 2.05) is 13.0 Å². The molecule has 4 aromatic rings. The summed E-state index contributed by atoms with van der Waals surface area (Å²) in [6.45, 7) is 2.29. The van der Waals surface area contributed by atoms with Gasteiger partial charge in [0.1, 0.15) is 11.5 Å². The van der Waals surface area contributed by atoms with Crippen LogP contribution < -0.4 is 15.4 Å². The largest absolute Gasteiger partial charge is 0.508 e. The lowest BCUT2D eigenvalue weighted by Crippen LogP contribution is -2.16. The van der Waals surface area contributed by atoms with Crippen molar-refractivity contribution in [2.75, 3.05) is 24.4 Å². The number of hydrogen-bond donors (Lipinski definition) is 3. The number of phenols is 1. The predicted molar refractivity (Wildman–Crippen MR) is 152 cm³/mol. The van der Waals surface area contributed by atoms with Crippen LogP contribution in [0.2, 0.25) is 0 Å². The van der Waals surface area contributed by atoms with E-state index in [2.05, 4.69) is 15.6 Å². The van der Waals surface area contributed by atoms with Gasteiger partial charge in [0.25, 0.3) is 11.8 Å². The van der Waals surface area contributed by atoms with Gasteiger partial charge in [-0.2, -0.15) is 0 Å².